The Kier molecular flexibility index (Phi) is 5.15. The molecular weight excluding hydrogens is 375 g/mol. The molecule has 2 aromatic rings. The number of amides is 1. The van der Waals surface area contributed by atoms with E-state index in [2.05, 4.69) is 4.98 Å². The van der Waals surface area contributed by atoms with Crippen molar-refractivity contribution < 1.29 is 22.7 Å². The number of aromatic nitrogens is 2. The fourth-order valence-corrected chi connectivity index (χ4v) is 3.69. The molecule has 0 radical (unpaired) electrons. The first-order valence-electron chi connectivity index (χ1n) is 9.29. The van der Waals surface area contributed by atoms with Gasteiger partial charge in [-0.1, -0.05) is 0 Å². The van der Waals surface area contributed by atoms with E-state index in [0.717, 1.165) is 12.1 Å². The van der Waals surface area contributed by atoms with Crippen LogP contribution in [0.3, 0.4) is 0 Å². The maximum Gasteiger partial charge on any atom is 0.242 e. The number of hydrogen-bond acceptors (Lipinski definition) is 5. The third-order valence-corrected chi connectivity index (χ3v) is 5.28. The van der Waals surface area contributed by atoms with Gasteiger partial charge in [-0.15, -0.1) is 0 Å². The highest BCUT2D eigenvalue weighted by Crippen LogP contribution is 2.27. The number of anilines is 1. The fraction of sp³-hybridized carbons (Fsp3) is 0.556. The molecule has 10 heteroatoms. The fourth-order valence-electron chi connectivity index (χ4n) is 3.69. The lowest BCUT2D eigenvalue weighted by Gasteiger charge is -2.34. The lowest BCUT2D eigenvalue weighted by Crippen LogP contribution is -2.50. The van der Waals surface area contributed by atoms with Crippen molar-refractivity contribution in [3.05, 3.63) is 23.8 Å². The summed E-state index contributed by atoms with van der Waals surface area (Å²) in [6.07, 6.45) is -0.885. The SMILES string of the molecule is N[C@@H]1CN(c2nc3cc(F)c(F)cc3n2CC(=O)N2CCOCC2)CC[C@H]1F. The van der Waals surface area contributed by atoms with Gasteiger partial charge < -0.3 is 24.8 Å². The number of nitrogens with zero attached hydrogens (tertiary/aromatic N) is 4. The van der Waals surface area contributed by atoms with Crippen LogP contribution >= 0.6 is 0 Å². The van der Waals surface area contributed by atoms with Gasteiger partial charge in [0.2, 0.25) is 11.9 Å². The molecule has 3 heterocycles. The van der Waals surface area contributed by atoms with Crippen molar-refractivity contribution in [1.82, 2.24) is 14.5 Å². The average Bonchev–Trinajstić information content (AvgIpc) is 3.02. The molecule has 0 saturated carbocycles. The lowest BCUT2D eigenvalue weighted by molar-refractivity contribution is -0.135. The Morgan fingerprint density at radius 2 is 1.93 bits per heavy atom. The molecule has 2 saturated heterocycles. The second kappa shape index (κ2) is 7.59. The van der Waals surface area contributed by atoms with Crippen LogP contribution in [0.1, 0.15) is 6.42 Å². The number of morpholine rings is 1. The summed E-state index contributed by atoms with van der Waals surface area (Å²) in [4.78, 5) is 20.6. The summed E-state index contributed by atoms with van der Waals surface area (Å²) in [5.74, 6) is -1.83. The molecule has 0 spiro atoms. The molecule has 2 atom stereocenters. The minimum absolute atomic E-state index is 0.0816. The number of hydrogen-bond donors (Lipinski definition) is 1. The highest BCUT2D eigenvalue weighted by atomic mass is 19.2. The average molecular weight is 397 g/mol. The Morgan fingerprint density at radius 1 is 1.21 bits per heavy atom. The zero-order chi connectivity index (χ0) is 19.8. The molecule has 1 aromatic carbocycles. The highest BCUT2D eigenvalue weighted by Gasteiger charge is 2.30. The number of carbonyl (C=O) groups excluding carboxylic acids is 1. The number of halogens is 3. The number of piperidine rings is 1. The van der Waals surface area contributed by atoms with Crippen LogP contribution in [0.25, 0.3) is 11.0 Å². The van der Waals surface area contributed by atoms with E-state index in [9.17, 15) is 18.0 Å². The molecule has 1 aromatic heterocycles. The molecule has 0 aliphatic carbocycles. The number of ether oxygens (including phenoxy) is 1. The Balaban J connectivity index is 1.71. The van der Waals surface area contributed by atoms with Gasteiger partial charge in [-0.2, -0.15) is 0 Å². The van der Waals surface area contributed by atoms with Gasteiger partial charge in [-0.3, -0.25) is 4.79 Å². The van der Waals surface area contributed by atoms with Crippen LogP contribution in [0.5, 0.6) is 0 Å². The maximum atomic E-state index is 13.9. The van der Waals surface area contributed by atoms with Crippen molar-refractivity contribution in [2.75, 3.05) is 44.3 Å². The monoisotopic (exact) mass is 397 g/mol. The summed E-state index contributed by atoms with van der Waals surface area (Å²) >= 11 is 0. The minimum atomic E-state index is -1.11. The number of fused-ring (bicyclic) bond motifs is 1. The summed E-state index contributed by atoms with van der Waals surface area (Å²) in [6, 6.07) is 1.35. The van der Waals surface area contributed by atoms with E-state index in [0.29, 0.717) is 44.3 Å². The van der Waals surface area contributed by atoms with Crippen molar-refractivity contribution in [2.24, 2.45) is 5.73 Å². The lowest BCUT2D eigenvalue weighted by atomic mass is 10.1. The topological polar surface area (TPSA) is 76.6 Å². The minimum Gasteiger partial charge on any atom is -0.378 e. The molecule has 1 amide bonds. The second-order valence-corrected chi connectivity index (χ2v) is 7.16. The van der Waals surface area contributed by atoms with Crippen molar-refractivity contribution >= 4 is 22.9 Å². The van der Waals surface area contributed by atoms with Gasteiger partial charge in [0.15, 0.2) is 11.6 Å². The first-order chi connectivity index (χ1) is 13.4. The second-order valence-electron chi connectivity index (χ2n) is 7.16. The van der Waals surface area contributed by atoms with Crippen LogP contribution in [0, 0.1) is 11.6 Å². The van der Waals surface area contributed by atoms with E-state index >= 15 is 0 Å². The van der Waals surface area contributed by atoms with Crippen molar-refractivity contribution in [3.8, 4) is 0 Å². The molecule has 2 aliphatic rings. The Bertz CT molecular complexity index is 884. The van der Waals surface area contributed by atoms with Gasteiger partial charge in [0.1, 0.15) is 12.7 Å². The summed E-state index contributed by atoms with van der Waals surface area (Å²) in [5, 5.41) is 0. The van der Waals surface area contributed by atoms with E-state index in [4.69, 9.17) is 10.5 Å². The molecule has 4 rings (SSSR count). The Hall–Kier alpha value is -2.33. The molecule has 2 aliphatic heterocycles. The first kappa shape index (κ1) is 19.0. The van der Waals surface area contributed by atoms with Crippen LogP contribution in [-0.2, 0) is 16.1 Å². The maximum absolute atomic E-state index is 13.9. The van der Waals surface area contributed by atoms with E-state index in [1.54, 1.807) is 14.4 Å². The van der Waals surface area contributed by atoms with E-state index < -0.39 is 23.8 Å². The smallest absolute Gasteiger partial charge is 0.242 e. The summed E-state index contributed by atoms with van der Waals surface area (Å²) in [7, 11) is 0. The number of alkyl halides is 1. The number of benzene rings is 1. The third-order valence-electron chi connectivity index (χ3n) is 5.28. The third kappa shape index (κ3) is 3.53. The number of imidazole rings is 1. The number of rotatable bonds is 3. The molecule has 152 valence electrons. The quantitative estimate of drug-likeness (QED) is 0.838. The van der Waals surface area contributed by atoms with Gasteiger partial charge in [-0.05, 0) is 6.42 Å². The predicted octanol–water partition coefficient (Wildman–Crippen LogP) is 1.05. The van der Waals surface area contributed by atoms with Gasteiger partial charge >= 0.3 is 0 Å². The predicted molar refractivity (Wildman–Crippen MR) is 96.7 cm³/mol. The van der Waals surface area contributed by atoms with Crippen LogP contribution < -0.4 is 10.6 Å². The van der Waals surface area contributed by atoms with E-state index in [-0.39, 0.29) is 30.9 Å². The van der Waals surface area contributed by atoms with Gasteiger partial charge in [0.25, 0.3) is 0 Å². The molecule has 2 N–H and O–H groups in total. The van der Waals surface area contributed by atoms with Gasteiger partial charge in [0, 0.05) is 38.3 Å². The molecule has 2 fully saturated rings. The Labute approximate surface area is 159 Å². The normalized spacial score (nSPS) is 23.4. The van der Waals surface area contributed by atoms with Crippen LogP contribution in [0.15, 0.2) is 12.1 Å². The zero-order valence-corrected chi connectivity index (χ0v) is 15.3. The molecular formula is C18H22F3N5O2. The van der Waals surface area contributed by atoms with Crippen LogP contribution in [-0.4, -0.2) is 72.0 Å². The molecule has 0 bridgehead atoms. The number of nitrogens with two attached hydrogens (primary N) is 1. The van der Waals surface area contributed by atoms with Crippen molar-refractivity contribution in [3.63, 3.8) is 0 Å². The zero-order valence-electron chi connectivity index (χ0n) is 15.3. The summed E-state index contributed by atoms with van der Waals surface area (Å²) in [6.45, 7) is 2.35. The van der Waals surface area contributed by atoms with E-state index in [1.807, 2.05) is 0 Å². The largest absolute Gasteiger partial charge is 0.378 e. The summed E-state index contributed by atoms with van der Waals surface area (Å²) < 4.78 is 48.2. The van der Waals surface area contributed by atoms with Gasteiger partial charge in [0.05, 0.1) is 30.3 Å². The standard InChI is InChI=1S/C18H22F3N5O2/c19-11-1-2-25(9-14(11)22)18-23-15-7-12(20)13(21)8-16(15)26(18)10-17(27)24-3-5-28-6-4-24/h7-8,11,14H,1-6,9-10,22H2/t11-,14-/m1/s1. The van der Waals surface area contributed by atoms with Gasteiger partial charge in [-0.25, -0.2) is 18.2 Å². The first-order valence-corrected chi connectivity index (χ1v) is 9.29. The van der Waals surface area contributed by atoms with E-state index in [1.165, 1.54) is 0 Å². The van der Waals surface area contributed by atoms with Crippen LogP contribution in [0.4, 0.5) is 19.1 Å². The molecule has 0 unspecified atom stereocenters. The summed E-state index contributed by atoms with van der Waals surface area (Å²) in [5.41, 5.74) is 6.40. The highest BCUT2D eigenvalue weighted by molar-refractivity contribution is 5.83. The van der Waals surface area contributed by atoms with Crippen molar-refractivity contribution in [2.45, 2.75) is 25.2 Å². The van der Waals surface area contributed by atoms with Crippen molar-refractivity contribution in [1.29, 1.82) is 0 Å². The molecule has 28 heavy (non-hydrogen) atoms. The Morgan fingerprint density at radius 3 is 2.64 bits per heavy atom. The molecule has 7 nitrogen and oxygen atoms in total. The number of carbonyl (C=O) groups is 1. The van der Waals surface area contributed by atoms with Crippen LogP contribution in [0.2, 0.25) is 0 Å².